The van der Waals surface area contributed by atoms with Gasteiger partial charge in [0.05, 0.1) is 24.7 Å². The number of rotatable bonds is 5. The van der Waals surface area contributed by atoms with Crippen molar-refractivity contribution in [3.05, 3.63) is 41.7 Å². The highest BCUT2D eigenvalue weighted by atomic mass is 16.5. The lowest BCUT2D eigenvalue weighted by Crippen LogP contribution is -2.42. The van der Waals surface area contributed by atoms with Gasteiger partial charge in [-0.3, -0.25) is 14.7 Å². The van der Waals surface area contributed by atoms with Crippen molar-refractivity contribution in [3.8, 4) is 5.75 Å². The second-order valence-corrected chi connectivity index (χ2v) is 7.98. The molecule has 2 N–H and O–H groups in total. The number of H-pyrrole nitrogens is 1. The Morgan fingerprint density at radius 3 is 2.62 bits per heavy atom. The first kappa shape index (κ1) is 19.5. The van der Waals surface area contributed by atoms with Crippen LogP contribution >= 0.6 is 0 Å². The standard InChI is InChI=1S/C22H28N4O3/c1-29-18-10-8-15(9-11-18)21(27)24-19-13-23-25-20(19)17-7-4-12-26(14-17)22(28)16-5-2-3-6-16/h8-11,13,16-17H,2-7,12,14H2,1H3,(H,23,25)(H,24,27)/t17-/m1/s1. The first-order valence-electron chi connectivity index (χ1n) is 10.4. The number of hydrogen-bond donors (Lipinski definition) is 2. The summed E-state index contributed by atoms with van der Waals surface area (Å²) in [6.07, 6.45) is 7.95. The minimum atomic E-state index is -0.190. The number of likely N-dealkylation sites (tertiary alicyclic amines) is 1. The van der Waals surface area contributed by atoms with Gasteiger partial charge in [-0.25, -0.2) is 0 Å². The zero-order chi connectivity index (χ0) is 20.2. The van der Waals surface area contributed by atoms with E-state index in [1.54, 1.807) is 37.6 Å². The number of methoxy groups -OCH3 is 1. The molecule has 29 heavy (non-hydrogen) atoms. The molecule has 154 valence electrons. The minimum Gasteiger partial charge on any atom is -0.497 e. The Morgan fingerprint density at radius 1 is 1.14 bits per heavy atom. The largest absolute Gasteiger partial charge is 0.497 e. The molecule has 1 aromatic carbocycles. The summed E-state index contributed by atoms with van der Waals surface area (Å²) in [5.41, 5.74) is 2.14. The number of hydrogen-bond acceptors (Lipinski definition) is 4. The zero-order valence-corrected chi connectivity index (χ0v) is 16.8. The van der Waals surface area contributed by atoms with Crippen LogP contribution in [0.1, 0.15) is 60.5 Å². The molecule has 7 nitrogen and oxygen atoms in total. The number of carbonyl (C=O) groups is 2. The molecular formula is C22H28N4O3. The van der Waals surface area contributed by atoms with Crippen LogP contribution in [0.4, 0.5) is 5.69 Å². The molecule has 1 saturated heterocycles. The fraction of sp³-hybridized carbons (Fsp3) is 0.500. The number of aromatic nitrogens is 2. The monoisotopic (exact) mass is 396 g/mol. The molecule has 2 amide bonds. The molecule has 2 fully saturated rings. The maximum atomic E-state index is 12.8. The van der Waals surface area contributed by atoms with Crippen LogP contribution in [0.5, 0.6) is 5.75 Å². The zero-order valence-electron chi connectivity index (χ0n) is 16.8. The van der Waals surface area contributed by atoms with Gasteiger partial charge in [0.25, 0.3) is 5.91 Å². The molecular weight excluding hydrogens is 368 g/mol. The van der Waals surface area contributed by atoms with Gasteiger partial charge < -0.3 is 15.0 Å². The van der Waals surface area contributed by atoms with E-state index in [9.17, 15) is 9.59 Å². The fourth-order valence-electron chi connectivity index (χ4n) is 4.49. The summed E-state index contributed by atoms with van der Waals surface area (Å²) in [5, 5.41) is 10.2. The number of nitrogens with zero attached hydrogens (tertiary/aromatic N) is 2. The normalized spacial score (nSPS) is 19.9. The summed E-state index contributed by atoms with van der Waals surface area (Å²) in [6, 6.07) is 6.99. The molecule has 1 aliphatic carbocycles. The Bertz CT molecular complexity index is 855. The third-order valence-corrected chi connectivity index (χ3v) is 6.11. The number of amides is 2. The number of aromatic amines is 1. The highest BCUT2D eigenvalue weighted by molar-refractivity contribution is 6.04. The van der Waals surface area contributed by atoms with Crippen molar-refractivity contribution in [2.75, 3.05) is 25.5 Å². The molecule has 4 rings (SSSR count). The summed E-state index contributed by atoms with van der Waals surface area (Å²) >= 11 is 0. The van der Waals surface area contributed by atoms with E-state index >= 15 is 0 Å². The molecule has 1 aliphatic heterocycles. The van der Waals surface area contributed by atoms with Gasteiger partial charge in [0.15, 0.2) is 0 Å². The number of piperidine rings is 1. The summed E-state index contributed by atoms with van der Waals surface area (Å²) < 4.78 is 5.14. The molecule has 1 atom stereocenters. The van der Waals surface area contributed by atoms with E-state index in [1.165, 1.54) is 0 Å². The van der Waals surface area contributed by atoms with Crippen LogP contribution in [0, 0.1) is 5.92 Å². The highest BCUT2D eigenvalue weighted by Gasteiger charge is 2.32. The lowest BCUT2D eigenvalue weighted by atomic mass is 9.92. The van der Waals surface area contributed by atoms with E-state index in [0.717, 1.165) is 50.8 Å². The van der Waals surface area contributed by atoms with Crippen LogP contribution in [0.15, 0.2) is 30.5 Å². The molecule has 2 aromatic rings. The Kier molecular flexibility index (Phi) is 5.83. The number of benzene rings is 1. The predicted molar refractivity (Wildman–Crippen MR) is 110 cm³/mol. The maximum Gasteiger partial charge on any atom is 0.255 e. The lowest BCUT2D eigenvalue weighted by molar-refractivity contribution is -0.136. The van der Waals surface area contributed by atoms with Crippen molar-refractivity contribution < 1.29 is 14.3 Å². The predicted octanol–water partition coefficient (Wildman–Crippen LogP) is 3.57. The Hall–Kier alpha value is -2.83. The third-order valence-electron chi connectivity index (χ3n) is 6.11. The third kappa shape index (κ3) is 4.28. The van der Waals surface area contributed by atoms with Gasteiger partial charge in [0.1, 0.15) is 5.75 Å². The Labute approximate surface area is 170 Å². The van der Waals surface area contributed by atoms with E-state index in [4.69, 9.17) is 4.74 Å². The Balaban J connectivity index is 1.43. The van der Waals surface area contributed by atoms with Gasteiger partial charge in [-0.2, -0.15) is 5.10 Å². The number of ether oxygens (including phenoxy) is 1. The van der Waals surface area contributed by atoms with Crippen molar-refractivity contribution in [3.63, 3.8) is 0 Å². The molecule has 7 heteroatoms. The molecule has 1 saturated carbocycles. The maximum absolute atomic E-state index is 12.8. The van der Waals surface area contributed by atoms with Crippen molar-refractivity contribution in [2.24, 2.45) is 5.92 Å². The smallest absolute Gasteiger partial charge is 0.255 e. The van der Waals surface area contributed by atoms with E-state index in [0.29, 0.717) is 29.5 Å². The SMILES string of the molecule is COc1ccc(C(=O)Nc2cn[nH]c2[C@@H]2CCCN(C(=O)C3CCCC3)C2)cc1. The molecule has 0 radical (unpaired) electrons. The van der Waals surface area contributed by atoms with Gasteiger partial charge in [-0.1, -0.05) is 12.8 Å². The summed E-state index contributed by atoms with van der Waals surface area (Å²) in [5.74, 6) is 1.17. The van der Waals surface area contributed by atoms with E-state index in [1.807, 2.05) is 4.90 Å². The highest BCUT2D eigenvalue weighted by Crippen LogP contribution is 2.33. The number of nitrogens with one attached hydrogen (secondary N) is 2. The fourth-order valence-corrected chi connectivity index (χ4v) is 4.49. The molecule has 0 bridgehead atoms. The summed E-state index contributed by atoms with van der Waals surface area (Å²) in [6.45, 7) is 1.51. The molecule has 0 spiro atoms. The number of carbonyl (C=O) groups excluding carboxylic acids is 2. The molecule has 0 unspecified atom stereocenters. The van der Waals surface area contributed by atoms with Crippen LogP contribution in [0.3, 0.4) is 0 Å². The van der Waals surface area contributed by atoms with Gasteiger partial charge >= 0.3 is 0 Å². The quantitative estimate of drug-likeness (QED) is 0.809. The summed E-state index contributed by atoms with van der Waals surface area (Å²) in [7, 11) is 1.59. The average molecular weight is 396 g/mol. The first-order valence-corrected chi connectivity index (χ1v) is 10.4. The lowest BCUT2D eigenvalue weighted by Gasteiger charge is -2.34. The average Bonchev–Trinajstić information content (AvgIpc) is 3.46. The molecule has 2 aliphatic rings. The van der Waals surface area contributed by atoms with Gasteiger partial charge in [0, 0.05) is 30.5 Å². The van der Waals surface area contributed by atoms with E-state index < -0.39 is 0 Å². The second-order valence-electron chi connectivity index (χ2n) is 7.98. The van der Waals surface area contributed by atoms with Crippen molar-refractivity contribution in [1.82, 2.24) is 15.1 Å². The van der Waals surface area contributed by atoms with Crippen molar-refractivity contribution in [1.29, 1.82) is 0 Å². The van der Waals surface area contributed by atoms with E-state index in [2.05, 4.69) is 15.5 Å². The van der Waals surface area contributed by atoms with Crippen LogP contribution in [0.25, 0.3) is 0 Å². The van der Waals surface area contributed by atoms with Crippen LogP contribution < -0.4 is 10.1 Å². The van der Waals surface area contributed by atoms with Crippen LogP contribution in [0.2, 0.25) is 0 Å². The second kappa shape index (κ2) is 8.68. The number of anilines is 1. The summed E-state index contributed by atoms with van der Waals surface area (Å²) in [4.78, 5) is 27.5. The minimum absolute atomic E-state index is 0.155. The van der Waals surface area contributed by atoms with Gasteiger partial charge in [-0.05, 0) is 49.9 Å². The van der Waals surface area contributed by atoms with Crippen LogP contribution in [-0.2, 0) is 4.79 Å². The van der Waals surface area contributed by atoms with E-state index in [-0.39, 0.29) is 17.7 Å². The Morgan fingerprint density at radius 2 is 1.90 bits per heavy atom. The van der Waals surface area contributed by atoms with Gasteiger partial charge in [0.2, 0.25) is 5.91 Å². The van der Waals surface area contributed by atoms with Crippen molar-refractivity contribution in [2.45, 2.75) is 44.4 Å². The first-order chi connectivity index (χ1) is 14.2. The molecule has 2 heterocycles. The topological polar surface area (TPSA) is 87.3 Å². The van der Waals surface area contributed by atoms with Gasteiger partial charge in [-0.15, -0.1) is 0 Å². The molecule has 1 aromatic heterocycles. The van der Waals surface area contributed by atoms with Crippen LogP contribution in [-0.4, -0.2) is 47.1 Å². The van der Waals surface area contributed by atoms with Crippen molar-refractivity contribution >= 4 is 17.5 Å².